The summed E-state index contributed by atoms with van der Waals surface area (Å²) in [5.41, 5.74) is 7.82. The molecule has 0 saturated carbocycles. The molecule has 4 aliphatic rings. The summed E-state index contributed by atoms with van der Waals surface area (Å²) in [6, 6.07) is 8.69. The molecule has 2 amide bonds. The number of oxime groups is 1. The Morgan fingerprint density at radius 2 is 2.12 bits per heavy atom. The molecule has 1 saturated heterocycles. The number of nitrogens with two attached hydrogens (primary N) is 1. The van der Waals surface area contributed by atoms with E-state index in [1.54, 1.807) is 22.7 Å². The van der Waals surface area contributed by atoms with E-state index in [1.807, 2.05) is 36.4 Å². The molecular weight excluding hydrogens is 570 g/mol. The van der Waals surface area contributed by atoms with Crippen molar-refractivity contribution in [2.24, 2.45) is 10.1 Å². The van der Waals surface area contributed by atoms with Crippen LogP contribution in [0.4, 0.5) is 5.13 Å². The number of carbonyl (C=O) groups is 3. The number of amides is 2. The molecule has 1 aromatic carbocycles. The van der Waals surface area contributed by atoms with E-state index in [0.717, 1.165) is 16.9 Å². The minimum atomic E-state index is -1.22. The SMILES string of the molecule is CO/N=C(\C(=O)NC1C(=O)N2C(C(=O)O)=C(CN3C=CC4=NC(c5ccccc5)OC4=C3)CS[C@H]12)c1csc(N)n1. The zero-order valence-electron chi connectivity index (χ0n) is 21.5. The number of thiazole rings is 1. The summed E-state index contributed by atoms with van der Waals surface area (Å²) in [6.45, 7) is 0.227. The van der Waals surface area contributed by atoms with E-state index in [0.29, 0.717) is 22.8 Å². The number of anilines is 1. The Kier molecular flexibility index (Phi) is 6.96. The highest BCUT2D eigenvalue weighted by Gasteiger charge is 2.54. The number of fused-ring (bicyclic) bond motifs is 2. The molecule has 0 aliphatic carbocycles. The quantitative estimate of drug-likeness (QED) is 0.232. The molecule has 4 N–H and O–H groups in total. The van der Waals surface area contributed by atoms with Gasteiger partial charge in [0.05, 0.1) is 0 Å². The molecule has 0 radical (unpaired) electrons. The highest BCUT2D eigenvalue weighted by Crippen LogP contribution is 2.41. The first kappa shape index (κ1) is 26.6. The van der Waals surface area contributed by atoms with Gasteiger partial charge < -0.3 is 30.6 Å². The monoisotopic (exact) mass is 593 g/mol. The van der Waals surface area contributed by atoms with Gasteiger partial charge in [-0.2, -0.15) is 0 Å². The lowest BCUT2D eigenvalue weighted by Crippen LogP contribution is -2.71. The molecule has 15 heteroatoms. The van der Waals surface area contributed by atoms with Gasteiger partial charge in [-0.3, -0.25) is 14.5 Å². The van der Waals surface area contributed by atoms with E-state index in [4.69, 9.17) is 15.3 Å². The van der Waals surface area contributed by atoms with Crippen molar-refractivity contribution in [2.75, 3.05) is 25.1 Å². The summed E-state index contributed by atoms with van der Waals surface area (Å²) in [4.78, 5) is 54.9. The van der Waals surface area contributed by atoms with E-state index in [9.17, 15) is 19.5 Å². The van der Waals surface area contributed by atoms with Crippen molar-refractivity contribution in [1.29, 1.82) is 0 Å². The van der Waals surface area contributed by atoms with E-state index < -0.39 is 35.4 Å². The molecule has 4 aliphatic heterocycles. The van der Waals surface area contributed by atoms with Crippen LogP contribution in [0.5, 0.6) is 0 Å². The van der Waals surface area contributed by atoms with E-state index in [2.05, 4.69) is 20.4 Å². The number of ether oxygens (including phenoxy) is 1. The molecule has 5 heterocycles. The Balaban J connectivity index is 1.16. The summed E-state index contributed by atoms with van der Waals surface area (Å²) in [5.74, 6) is -1.52. The summed E-state index contributed by atoms with van der Waals surface area (Å²) >= 11 is 2.49. The molecule has 2 unspecified atom stereocenters. The Labute approximate surface area is 241 Å². The number of aromatic nitrogens is 1. The molecule has 3 atom stereocenters. The lowest BCUT2D eigenvalue weighted by atomic mass is 10.0. The van der Waals surface area contributed by atoms with Crippen LogP contribution in [0.15, 0.2) is 81.4 Å². The number of nitrogens with one attached hydrogen (secondary N) is 1. The Morgan fingerprint density at radius 3 is 2.83 bits per heavy atom. The fourth-order valence-electron chi connectivity index (χ4n) is 4.76. The van der Waals surface area contributed by atoms with Gasteiger partial charge >= 0.3 is 5.97 Å². The van der Waals surface area contributed by atoms with Crippen LogP contribution in [0.2, 0.25) is 0 Å². The van der Waals surface area contributed by atoms with Crippen LogP contribution in [-0.4, -0.2) is 79.9 Å². The topological polar surface area (TPSA) is 172 Å². The third-order valence-electron chi connectivity index (χ3n) is 6.61. The number of β-lactam (4-membered cyclic amide) rings is 1. The number of aliphatic imine (C=N–C) groups is 1. The van der Waals surface area contributed by atoms with Crippen molar-refractivity contribution >= 4 is 57.4 Å². The second kappa shape index (κ2) is 10.7. The molecule has 1 fully saturated rings. The predicted octanol–water partition coefficient (Wildman–Crippen LogP) is 1.66. The molecule has 2 aromatic rings. The number of thioether (sulfide) groups is 1. The van der Waals surface area contributed by atoms with E-state index >= 15 is 0 Å². The first-order valence-electron chi connectivity index (χ1n) is 12.3. The van der Waals surface area contributed by atoms with Crippen LogP contribution in [0.1, 0.15) is 17.5 Å². The molecule has 0 spiro atoms. The van der Waals surface area contributed by atoms with Crippen LogP contribution >= 0.6 is 23.1 Å². The average molecular weight is 594 g/mol. The number of carboxylic acid groups (broad SMARTS) is 1. The highest BCUT2D eigenvalue weighted by molar-refractivity contribution is 8.00. The molecule has 41 heavy (non-hydrogen) atoms. The smallest absolute Gasteiger partial charge is 0.352 e. The summed E-state index contributed by atoms with van der Waals surface area (Å²) < 4.78 is 6.03. The Hall–Kier alpha value is -4.63. The number of hydrogen-bond acceptors (Lipinski definition) is 12. The van der Waals surface area contributed by atoms with Gasteiger partial charge in [-0.25, -0.2) is 14.8 Å². The zero-order chi connectivity index (χ0) is 28.7. The van der Waals surface area contributed by atoms with Gasteiger partial charge in [0, 0.05) is 35.6 Å². The number of carboxylic acids is 1. The lowest BCUT2D eigenvalue weighted by Gasteiger charge is -2.49. The van der Waals surface area contributed by atoms with Gasteiger partial charge in [0.2, 0.25) is 6.23 Å². The van der Waals surface area contributed by atoms with Gasteiger partial charge in [0.25, 0.3) is 11.8 Å². The molecule has 1 aromatic heterocycles. The minimum absolute atomic E-state index is 0.0944. The van der Waals surface area contributed by atoms with Crippen LogP contribution in [0.25, 0.3) is 0 Å². The maximum Gasteiger partial charge on any atom is 0.352 e. The van der Waals surface area contributed by atoms with Crippen molar-refractivity contribution < 1.29 is 29.1 Å². The second-order valence-corrected chi connectivity index (χ2v) is 11.2. The number of benzene rings is 1. The fraction of sp³-hybridized carbons (Fsp3) is 0.231. The summed E-state index contributed by atoms with van der Waals surface area (Å²) in [5, 5.41) is 17.6. The molecular formula is C26H23N7O6S2. The largest absolute Gasteiger partial charge is 0.477 e. The maximum atomic E-state index is 13.1. The lowest BCUT2D eigenvalue weighted by molar-refractivity contribution is -0.150. The average Bonchev–Trinajstić information content (AvgIpc) is 3.60. The number of rotatable bonds is 8. The van der Waals surface area contributed by atoms with Crippen molar-refractivity contribution in [1.82, 2.24) is 20.1 Å². The summed E-state index contributed by atoms with van der Waals surface area (Å²) in [7, 11) is 1.28. The first-order valence-corrected chi connectivity index (χ1v) is 14.3. The number of aliphatic carboxylic acids is 1. The molecule has 6 rings (SSSR count). The normalized spacial score (nSPS) is 23.2. The van der Waals surface area contributed by atoms with Gasteiger partial charge in [0.15, 0.2) is 16.6 Å². The van der Waals surface area contributed by atoms with Crippen LogP contribution in [0.3, 0.4) is 0 Å². The Morgan fingerprint density at radius 1 is 1.32 bits per heavy atom. The minimum Gasteiger partial charge on any atom is -0.477 e. The predicted molar refractivity (Wildman–Crippen MR) is 151 cm³/mol. The number of nitrogens with zero attached hydrogens (tertiary/aromatic N) is 5. The van der Waals surface area contributed by atoms with Crippen molar-refractivity contribution in [3.05, 3.63) is 82.5 Å². The van der Waals surface area contributed by atoms with Crippen molar-refractivity contribution in [3.8, 4) is 0 Å². The van der Waals surface area contributed by atoms with Crippen LogP contribution in [0, 0.1) is 0 Å². The Bertz CT molecular complexity index is 1580. The van der Waals surface area contributed by atoms with E-state index in [1.165, 1.54) is 23.8 Å². The standard InChI is InChI=1S/C26H23N7O6S2/c1-38-31-18(16-12-41-26(27)29-16)21(34)30-19-23(35)33-20(25(36)37)14(11-40-24(19)33)9-32-8-7-15-17(10-32)39-22(28-15)13-5-3-2-4-6-13/h2-8,10,12,19,22,24H,9,11H2,1H3,(H2,27,29)(H,30,34)(H,36,37)/b31-18-/t19?,22?,24-/m1/s1. The third-order valence-corrected chi connectivity index (χ3v) is 8.62. The number of nitrogen functional groups attached to an aromatic ring is 1. The van der Waals surface area contributed by atoms with Gasteiger partial charge in [0.1, 0.15) is 35.6 Å². The molecule has 13 nitrogen and oxygen atoms in total. The maximum absolute atomic E-state index is 13.1. The second-order valence-electron chi connectivity index (χ2n) is 9.19. The molecule has 0 bridgehead atoms. The number of carbonyl (C=O) groups excluding carboxylic acids is 2. The van der Waals surface area contributed by atoms with Gasteiger partial charge in [-0.1, -0.05) is 35.5 Å². The van der Waals surface area contributed by atoms with Crippen LogP contribution < -0.4 is 11.1 Å². The van der Waals surface area contributed by atoms with Gasteiger partial charge in [-0.15, -0.1) is 23.1 Å². The highest BCUT2D eigenvalue weighted by atomic mass is 32.2. The van der Waals surface area contributed by atoms with Crippen molar-refractivity contribution in [3.63, 3.8) is 0 Å². The van der Waals surface area contributed by atoms with Crippen LogP contribution in [-0.2, 0) is 24.0 Å². The number of allylic oxidation sites excluding steroid dienone is 1. The van der Waals surface area contributed by atoms with Crippen molar-refractivity contribution in [2.45, 2.75) is 17.6 Å². The molecule has 210 valence electrons. The number of hydrogen-bond donors (Lipinski definition) is 3. The fourth-order valence-corrected chi connectivity index (χ4v) is 6.65. The first-order chi connectivity index (χ1) is 19.8. The third kappa shape index (κ3) is 4.93. The zero-order valence-corrected chi connectivity index (χ0v) is 23.1. The van der Waals surface area contributed by atoms with E-state index in [-0.39, 0.29) is 28.8 Å². The summed E-state index contributed by atoms with van der Waals surface area (Å²) in [6.07, 6.45) is 4.93. The van der Waals surface area contributed by atoms with Gasteiger partial charge in [-0.05, 0) is 11.6 Å².